The second-order valence-electron chi connectivity index (χ2n) is 4.12. The van der Waals surface area contributed by atoms with E-state index in [0.29, 0.717) is 12.8 Å². The lowest BCUT2D eigenvalue weighted by Crippen LogP contribution is -2.34. The Hall–Kier alpha value is -1.58. The summed E-state index contributed by atoms with van der Waals surface area (Å²) in [5.41, 5.74) is 7.19. The van der Waals surface area contributed by atoms with E-state index >= 15 is 0 Å². The molecule has 1 heterocycles. The third kappa shape index (κ3) is 2.32. The van der Waals surface area contributed by atoms with E-state index in [1.54, 1.807) is 0 Å². The van der Waals surface area contributed by atoms with Gasteiger partial charge in [0, 0.05) is 24.3 Å². The van der Waals surface area contributed by atoms with E-state index in [1.807, 2.05) is 24.3 Å². The number of rotatable bonds is 2. The van der Waals surface area contributed by atoms with Gasteiger partial charge in [-0.05, 0) is 37.1 Å². The fourth-order valence-electron chi connectivity index (χ4n) is 1.96. The second kappa shape index (κ2) is 4.51. The van der Waals surface area contributed by atoms with Gasteiger partial charge in [0.05, 0.1) is 0 Å². The molecule has 0 aliphatic carbocycles. The van der Waals surface area contributed by atoms with Gasteiger partial charge >= 0.3 is 0 Å². The van der Waals surface area contributed by atoms with Gasteiger partial charge in [-0.25, -0.2) is 4.39 Å². The lowest BCUT2D eigenvalue weighted by Gasteiger charge is -2.30. The molecule has 0 aromatic heterocycles. The highest BCUT2D eigenvalue weighted by atomic mass is 19.1. The number of nitrogens with zero attached hydrogens (tertiary/aromatic N) is 1. The molecule has 1 aromatic rings. The van der Waals surface area contributed by atoms with Crippen molar-refractivity contribution in [2.24, 2.45) is 5.73 Å². The monoisotopic (exact) mass is 221 g/mol. The van der Waals surface area contributed by atoms with Crippen LogP contribution in [0, 0.1) is 5.41 Å². The third-order valence-electron chi connectivity index (χ3n) is 2.97. The number of piperidine rings is 1. The van der Waals surface area contributed by atoms with Crippen LogP contribution in [0.4, 0.5) is 10.1 Å². The standard InChI is InChI=1S/C12H16FN3/c13-10-5-7-16(8-6-10)11-3-1-9(2-4-11)12(14)15/h1-4,10H,5-8H2,(H3,14,15). The van der Waals surface area contributed by atoms with Crippen molar-refractivity contribution in [1.82, 2.24) is 0 Å². The number of halogens is 1. The normalized spacial score (nSPS) is 17.4. The number of nitrogen functional groups attached to an aromatic ring is 1. The number of anilines is 1. The molecule has 16 heavy (non-hydrogen) atoms. The van der Waals surface area contributed by atoms with Gasteiger partial charge in [-0.1, -0.05) is 0 Å². The van der Waals surface area contributed by atoms with Gasteiger partial charge in [0.2, 0.25) is 0 Å². The summed E-state index contributed by atoms with van der Waals surface area (Å²) in [5, 5.41) is 7.29. The Bertz CT molecular complexity index is 366. The van der Waals surface area contributed by atoms with Gasteiger partial charge in [-0.3, -0.25) is 5.41 Å². The smallest absolute Gasteiger partial charge is 0.122 e. The van der Waals surface area contributed by atoms with Gasteiger partial charge in [0.15, 0.2) is 0 Å². The lowest BCUT2D eigenvalue weighted by atomic mass is 10.1. The van der Waals surface area contributed by atoms with E-state index in [2.05, 4.69) is 4.90 Å². The minimum Gasteiger partial charge on any atom is -0.384 e. The molecule has 1 fully saturated rings. The molecule has 2 rings (SSSR count). The molecule has 0 saturated carbocycles. The van der Waals surface area contributed by atoms with E-state index in [4.69, 9.17) is 11.1 Å². The first-order chi connectivity index (χ1) is 7.66. The van der Waals surface area contributed by atoms with Gasteiger partial charge in [-0.15, -0.1) is 0 Å². The van der Waals surface area contributed by atoms with E-state index in [9.17, 15) is 4.39 Å². The zero-order chi connectivity index (χ0) is 11.5. The maximum atomic E-state index is 13.0. The topological polar surface area (TPSA) is 53.1 Å². The first kappa shape index (κ1) is 10.9. The predicted molar refractivity (Wildman–Crippen MR) is 63.8 cm³/mol. The first-order valence-electron chi connectivity index (χ1n) is 5.50. The van der Waals surface area contributed by atoms with Crippen molar-refractivity contribution in [3.63, 3.8) is 0 Å². The number of nitrogens with two attached hydrogens (primary N) is 1. The highest BCUT2D eigenvalue weighted by Crippen LogP contribution is 2.21. The molecule has 0 amide bonds. The Morgan fingerprint density at radius 3 is 2.31 bits per heavy atom. The Balaban J connectivity index is 2.07. The zero-order valence-electron chi connectivity index (χ0n) is 9.12. The van der Waals surface area contributed by atoms with Crippen LogP contribution < -0.4 is 10.6 Å². The van der Waals surface area contributed by atoms with Crippen molar-refractivity contribution in [2.45, 2.75) is 19.0 Å². The summed E-state index contributed by atoms with van der Waals surface area (Å²) in [5.74, 6) is 0.0778. The summed E-state index contributed by atoms with van der Waals surface area (Å²) < 4.78 is 13.0. The zero-order valence-corrected chi connectivity index (χ0v) is 9.12. The van der Waals surface area contributed by atoms with E-state index in [0.717, 1.165) is 24.3 Å². The fourth-order valence-corrected chi connectivity index (χ4v) is 1.96. The van der Waals surface area contributed by atoms with E-state index < -0.39 is 6.17 Å². The first-order valence-corrected chi connectivity index (χ1v) is 5.50. The Kier molecular flexibility index (Phi) is 3.08. The van der Waals surface area contributed by atoms with Gasteiger partial charge in [0.25, 0.3) is 0 Å². The fraction of sp³-hybridized carbons (Fsp3) is 0.417. The van der Waals surface area contributed by atoms with Gasteiger partial charge in [0.1, 0.15) is 12.0 Å². The van der Waals surface area contributed by atoms with Crippen LogP contribution in [0.3, 0.4) is 0 Å². The van der Waals surface area contributed by atoms with E-state index in [1.165, 1.54) is 0 Å². The van der Waals surface area contributed by atoms with Crippen molar-refractivity contribution in [2.75, 3.05) is 18.0 Å². The van der Waals surface area contributed by atoms with Crippen molar-refractivity contribution < 1.29 is 4.39 Å². The summed E-state index contributed by atoms with van der Waals surface area (Å²) in [6.45, 7) is 1.53. The molecule has 0 spiro atoms. The van der Waals surface area contributed by atoms with Crippen LogP contribution in [0.15, 0.2) is 24.3 Å². The van der Waals surface area contributed by atoms with Crippen LogP contribution in [0.2, 0.25) is 0 Å². The summed E-state index contributed by atoms with van der Waals surface area (Å²) in [7, 11) is 0. The molecule has 1 saturated heterocycles. The molecule has 0 radical (unpaired) electrons. The molecule has 1 aliphatic rings. The molecule has 0 atom stereocenters. The third-order valence-corrected chi connectivity index (χ3v) is 2.97. The maximum absolute atomic E-state index is 13.0. The number of hydrogen-bond donors (Lipinski definition) is 2. The Morgan fingerprint density at radius 2 is 1.81 bits per heavy atom. The van der Waals surface area contributed by atoms with Crippen molar-refractivity contribution in [3.05, 3.63) is 29.8 Å². The SMILES string of the molecule is N=C(N)c1ccc(N2CCC(F)CC2)cc1. The quantitative estimate of drug-likeness (QED) is 0.592. The molecular formula is C12H16FN3. The highest BCUT2D eigenvalue weighted by Gasteiger charge is 2.18. The van der Waals surface area contributed by atoms with Crippen molar-refractivity contribution in [3.8, 4) is 0 Å². The van der Waals surface area contributed by atoms with Crippen LogP contribution in [-0.2, 0) is 0 Å². The van der Waals surface area contributed by atoms with Gasteiger partial charge in [-0.2, -0.15) is 0 Å². The molecule has 0 bridgehead atoms. The molecule has 4 heteroatoms. The summed E-state index contributed by atoms with van der Waals surface area (Å²) in [4.78, 5) is 2.17. The average Bonchev–Trinajstić information content (AvgIpc) is 2.30. The number of amidine groups is 1. The summed E-state index contributed by atoms with van der Waals surface area (Å²) in [6.07, 6.45) is 0.566. The number of benzene rings is 1. The maximum Gasteiger partial charge on any atom is 0.122 e. The summed E-state index contributed by atoms with van der Waals surface area (Å²) in [6, 6.07) is 7.54. The van der Waals surface area contributed by atoms with Crippen LogP contribution in [0.25, 0.3) is 0 Å². The average molecular weight is 221 g/mol. The summed E-state index contributed by atoms with van der Waals surface area (Å²) >= 11 is 0. The van der Waals surface area contributed by atoms with Crippen molar-refractivity contribution >= 4 is 11.5 Å². The number of hydrogen-bond acceptors (Lipinski definition) is 2. The largest absolute Gasteiger partial charge is 0.384 e. The molecule has 1 aliphatic heterocycles. The predicted octanol–water partition coefficient (Wildman–Crippen LogP) is 1.91. The van der Waals surface area contributed by atoms with Gasteiger partial charge < -0.3 is 10.6 Å². The molecule has 3 N–H and O–H groups in total. The minimum absolute atomic E-state index is 0.0778. The second-order valence-corrected chi connectivity index (χ2v) is 4.12. The molecule has 3 nitrogen and oxygen atoms in total. The number of nitrogens with one attached hydrogen (secondary N) is 1. The minimum atomic E-state index is -0.646. The Labute approximate surface area is 94.6 Å². The van der Waals surface area contributed by atoms with Crippen LogP contribution in [-0.4, -0.2) is 25.1 Å². The van der Waals surface area contributed by atoms with Crippen LogP contribution in [0.5, 0.6) is 0 Å². The molecule has 1 aromatic carbocycles. The highest BCUT2D eigenvalue weighted by molar-refractivity contribution is 5.95. The van der Waals surface area contributed by atoms with E-state index in [-0.39, 0.29) is 5.84 Å². The lowest BCUT2D eigenvalue weighted by molar-refractivity contribution is 0.277. The molecular weight excluding hydrogens is 205 g/mol. The number of alkyl halides is 1. The van der Waals surface area contributed by atoms with Crippen molar-refractivity contribution in [1.29, 1.82) is 5.41 Å². The Morgan fingerprint density at radius 1 is 1.25 bits per heavy atom. The van der Waals surface area contributed by atoms with Crippen LogP contribution >= 0.6 is 0 Å². The van der Waals surface area contributed by atoms with Crippen LogP contribution in [0.1, 0.15) is 18.4 Å². The molecule has 86 valence electrons. The molecule has 0 unspecified atom stereocenters.